The standard InChI is InChI=1S/C40H66N4O16/c1-21(2)15-13-11-9-7-5-4-6-8-10-12-14-16-26(48)42-29-33(53)30(50)24(57-39(29)60-38-28(41-22(3)46)32(52)31(51)25(20-45)58-38)19-23(47)36-34(54)35(55)37(59-36)44-18-17-27(49)43-40(44)56/h14,16-18,21,23-25,28-39,45,47,50-55H,4-13,15,19-20H2,1-3H3,(H,41,46)(H,42,48)(H,43,49,56)/b16-14+/t23-,24-,25+,28+,29+,30-,31+,32+,33+,34-,35+,36+,37+,38-,39-/m0/s1. The molecule has 3 aliphatic rings. The number of aliphatic hydroxyl groups excluding tert-OH is 8. The molecule has 60 heavy (non-hydrogen) atoms. The van der Waals surface area contributed by atoms with E-state index in [1.54, 1.807) is 6.08 Å². The maximum Gasteiger partial charge on any atom is 0.330 e. The van der Waals surface area contributed by atoms with E-state index in [0.717, 1.165) is 55.4 Å². The Morgan fingerprint density at radius 2 is 1.37 bits per heavy atom. The molecule has 3 fully saturated rings. The second kappa shape index (κ2) is 23.9. The normalized spacial score (nSPS) is 33.9. The van der Waals surface area contributed by atoms with Gasteiger partial charge in [0, 0.05) is 25.6 Å². The summed E-state index contributed by atoms with van der Waals surface area (Å²) in [5.74, 6) is -0.604. The molecule has 20 nitrogen and oxygen atoms in total. The topological polar surface area (TPSA) is 312 Å². The van der Waals surface area contributed by atoms with Gasteiger partial charge in [0.2, 0.25) is 11.8 Å². The SMILES string of the molecule is CC(=O)N[C@H]1[C@H](O[C@@H]2O[C@@H](C[C@H](O)[C@H]3O[C@@H](n4ccc(=O)[nH]c4=O)[C@H](O)[C@@H]3O)[C@H](O)[C@H](O)[C@H]2NC(=O)/C=C/CCCCCCCCCCCC(C)C)O[C@H](CO)[C@@H](O)[C@@H]1O. The Morgan fingerprint density at radius 1 is 0.800 bits per heavy atom. The van der Waals surface area contributed by atoms with Crippen LogP contribution in [0, 0.1) is 5.92 Å². The lowest BCUT2D eigenvalue weighted by Gasteiger charge is -2.47. The molecule has 4 heterocycles. The summed E-state index contributed by atoms with van der Waals surface area (Å²) in [6.45, 7) is 4.83. The van der Waals surface area contributed by atoms with Gasteiger partial charge in [0.05, 0.1) is 18.8 Å². The highest BCUT2D eigenvalue weighted by molar-refractivity contribution is 5.87. The fraction of sp³-hybridized carbons (Fsp3) is 0.800. The lowest BCUT2D eigenvalue weighted by atomic mass is 9.91. The first-order chi connectivity index (χ1) is 28.5. The van der Waals surface area contributed by atoms with E-state index in [1.165, 1.54) is 44.6 Å². The second-order valence-corrected chi connectivity index (χ2v) is 16.5. The number of ether oxygens (including phenoxy) is 4. The lowest BCUT2D eigenvalue weighted by Crippen LogP contribution is -2.68. The van der Waals surface area contributed by atoms with Crippen LogP contribution in [0.25, 0.3) is 0 Å². The number of amides is 2. The van der Waals surface area contributed by atoms with Crippen LogP contribution < -0.4 is 21.9 Å². The zero-order valence-electron chi connectivity index (χ0n) is 34.5. The molecule has 0 aliphatic carbocycles. The smallest absolute Gasteiger partial charge is 0.330 e. The van der Waals surface area contributed by atoms with Crippen molar-refractivity contribution in [2.75, 3.05) is 6.61 Å². The van der Waals surface area contributed by atoms with Gasteiger partial charge in [-0.05, 0) is 24.8 Å². The number of H-pyrrole nitrogens is 1. The first-order valence-electron chi connectivity index (χ1n) is 21.1. The summed E-state index contributed by atoms with van der Waals surface area (Å²) in [6.07, 6.45) is -6.31. The molecule has 3 saturated heterocycles. The molecule has 0 saturated carbocycles. The van der Waals surface area contributed by atoms with E-state index in [2.05, 4.69) is 24.5 Å². The van der Waals surface area contributed by atoms with Crippen LogP contribution in [0.1, 0.15) is 104 Å². The quantitative estimate of drug-likeness (QED) is 0.0458. The minimum Gasteiger partial charge on any atom is -0.394 e. The first kappa shape index (κ1) is 49.5. The Bertz CT molecular complexity index is 1630. The van der Waals surface area contributed by atoms with E-state index in [0.29, 0.717) is 6.42 Å². The summed E-state index contributed by atoms with van der Waals surface area (Å²) < 4.78 is 24.1. The zero-order valence-corrected chi connectivity index (χ0v) is 34.5. The van der Waals surface area contributed by atoms with Crippen molar-refractivity contribution >= 4 is 11.8 Å². The molecule has 15 atom stereocenters. The maximum absolute atomic E-state index is 13.2. The summed E-state index contributed by atoms with van der Waals surface area (Å²) in [5, 5.41) is 91.5. The van der Waals surface area contributed by atoms with Gasteiger partial charge in [-0.15, -0.1) is 0 Å². The molecule has 1 aromatic heterocycles. The number of aromatic amines is 1. The largest absolute Gasteiger partial charge is 0.394 e. The molecule has 2 amide bonds. The van der Waals surface area contributed by atoms with Gasteiger partial charge in [0.25, 0.3) is 5.56 Å². The Morgan fingerprint density at radius 3 is 1.95 bits per heavy atom. The van der Waals surface area contributed by atoms with Crippen LogP contribution in [0.4, 0.5) is 0 Å². The van der Waals surface area contributed by atoms with Crippen LogP contribution in [0.5, 0.6) is 0 Å². The molecular formula is C40H66N4O16. The van der Waals surface area contributed by atoms with Gasteiger partial charge < -0.3 is 70.4 Å². The number of carbonyl (C=O) groups is 2. The molecule has 0 spiro atoms. The maximum atomic E-state index is 13.2. The van der Waals surface area contributed by atoms with Gasteiger partial charge in [-0.1, -0.05) is 77.7 Å². The monoisotopic (exact) mass is 858 g/mol. The van der Waals surface area contributed by atoms with Crippen LogP contribution in [0.15, 0.2) is 34.0 Å². The Labute approximate surface area is 348 Å². The minimum atomic E-state index is -1.85. The average molecular weight is 859 g/mol. The number of aliphatic hydroxyl groups is 8. The number of nitrogens with zero attached hydrogens (tertiary/aromatic N) is 1. The van der Waals surface area contributed by atoms with Gasteiger partial charge >= 0.3 is 5.69 Å². The van der Waals surface area contributed by atoms with E-state index < -0.39 is 128 Å². The van der Waals surface area contributed by atoms with Crippen molar-refractivity contribution in [1.82, 2.24) is 20.2 Å². The lowest BCUT2D eigenvalue weighted by molar-refractivity contribution is -0.346. The predicted molar refractivity (Wildman–Crippen MR) is 212 cm³/mol. The molecule has 0 bridgehead atoms. The second-order valence-electron chi connectivity index (χ2n) is 16.5. The molecule has 342 valence electrons. The van der Waals surface area contributed by atoms with Gasteiger partial charge in [-0.3, -0.25) is 23.9 Å². The van der Waals surface area contributed by atoms with Gasteiger partial charge in [0.1, 0.15) is 60.9 Å². The number of unbranched alkanes of at least 4 members (excludes halogenated alkanes) is 9. The van der Waals surface area contributed by atoms with Crippen LogP contribution in [-0.2, 0) is 28.5 Å². The fourth-order valence-electron chi connectivity index (χ4n) is 7.80. The molecule has 0 radical (unpaired) electrons. The molecular weight excluding hydrogens is 792 g/mol. The molecule has 1 aromatic rings. The van der Waals surface area contributed by atoms with Gasteiger partial charge in [0.15, 0.2) is 18.8 Å². The third-order valence-corrected chi connectivity index (χ3v) is 11.2. The third-order valence-electron chi connectivity index (χ3n) is 11.2. The predicted octanol–water partition coefficient (Wildman–Crippen LogP) is -1.70. The minimum absolute atomic E-state index is 0.597. The summed E-state index contributed by atoms with van der Waals surface area (Å²) in [5.41, 5.74) is -1.68. The first-order valence-corrected chi connectivity index (χ1v) is 21.1. The fourth-order valence-corrected chi connectivity index (χ4v) is 7.80. The number of hydrogen-bond acceptors (Lipinski definition) is 16. The van der Waals surface area contributed by atoms with Crippen molar-refractivity contribution in [2.24, 2.45) is 5.92 Å². The Hall–Kier alpha value is -3.12. The highest BCUT2D eigenvalue weighted by atomic mass is 16.8. The van der Waals surface area contributed by atoms with Gasteiger partial charge in [-0.2, -0.15) is 0 Å². The number of hydrogen-bond donors (Lipinski definition) is 11. The van der Waals surface area contributed by atoms with Crippen LogP contribution in [0.2, 0.25) is 0 Å². The van der Waals surface area contributed by atoms with E-state index in [1.807, 2.05) is 4.98 Å². The van der Waals surface area contributed by atoms with Crippen molar-refractivity contribution < 1.29 is 69.4 Å². The molecule has 11 N–H and O–H groups in total. The van der Waals surface area contributed by atoms with Crippen LogP contribution in [0.3, 0.4) is 0 Å². The van der Waals surface area contributed by atoms with Crippen molar-refractivity contribution in [3.8, 4) is 0 Å². The number of carbonyl (C=O) groups excluding carboxylic acids is 2. The molecule has 0 aromatic carbocycles. The van der Waals surface area contributed by atoms with E-state index in [9.17, 15) is 60.0 Å². The zero-order chi connectivity index (χ0) is 44.1. The molecule has 0 unspecified atom stereocenters. The van der Waals surface area contributed by atoms with E-state index in [-0.39, 0.29) is 0 Å². The Balaban J connectivity index is 1.42. The Kier molecular flexibility index (Phi) is 19.7. The van der Waals surface area contributed by atoms with Crippen molar-refractivity contribution in [3.63, 3.8) is 0 Å². The average Bonchev–Trinajstić information content (AvgIpc) is 3.49. The number of allylic oxidation sites excluding steroid dienone is 1. The number of rotatable bonds is 22. The molecule has 20 heteroatoms. The van der Waals surface area contributed by atoms with Crippen molar-refractivity contribution in [3.05, 3.63) is 45.3 Å². The third kappa shape index (κ3) is 13.7. The van der Waals surface area contributed by atoms with Crippen molar-refractivity contribution in [1.29, 1.82) is 0 Å². The number of aromatic nitrogens is 2. The molecule has 4 rings (SSSR count). The van der Waals surface area contributed by atoms with Gasteiger partial charge in [-0.25, -0.2) is 4.79 Å². The van der Waals surface area contributed by atoms with E-state index in [4.69, 9.17) is 18.9 Å². The van der Waals surface area contributed by atoms with Crippen LogP contribution >= 0.6 is 0 Å². The van der Waals surface area contributed by atoms with E-state index >= 15 is 0 Å². The summed E-state index contributed by atoms with van der Waals surface area (Å²) >= 11 is 0. The highest BCUT2D eigenvalue weighted by Gasteiger charge is 2.53. The number of nitrogens with one attached hydrogen (secondary N) is 3. The van der Waals surface area contributed by atoms with Crippen LogP contribution in [-0.4, -0.2) is 155 Å². The highest BCUT2D eigenvalue weighted by Crippen LogP contribution is 2.34. The summed E-state index contributed by atoms with van der Waals surface area (Å²) in [6, 6.07) is -2.01. The summed E-state index contributed by atoms with van der Waals surface area (Å²) in [7, 11) is 0. The molecule has 3 aliphatic heterocycles. The van der Waals surface area contributed by atoms with Crippen molar-refractivity contribution in [2.45, 2.75) is 190 Å². The summed E-state index contributed by atoms with van der Waals surface area (Å²) in [4.78, 5) is 51.2.